The van der Waals surface area contributed by atoms with Crippen LogP contribution < -0.4 is 5.32 Å². The van der Waals surface area contributed by atoms with Crippen LogP contribution in [0.3, 0.4) is 0 Å². The molecule has 94 valence electrons. The summed E-state index contributed by atoms with van der Waals surface area (Å²) in [5.74, 6) is 0. The van der Waals surface area contributed by atoms with Gasteiger partial charge in [-0.25, -0.2) is 0 Å². The zero-order chi connectivity index (χ0) is 12.2. The molecule has 0 unspecified atom stereocenters. The number of nitrogens with one attached hydrogen (secondary N) is 1. The molecular formula is C16H19NS. The Morgan fingerprint density at radius 3 is 2.89 bits per heavy atom. The summed E-state index contributed by atoms with van der Waals surface area (Å²) in [6, 6.07) is 11.1. The summed E-state index contributed by atoms with van der Waals surface area (Å²) >= 11 is 1.85. The molecule has 0 spiro atoms. The smallest absolute Gasteiger partial charge is 0.0375 e. The summed E-state index contributed by atoms with van der Waals surface area (Å²) in [4.78, 5) is 1.47. The number of rotatable bonds is 4. The van der Waals surface area contributed by atoms with E-state index < -0.39 is 0 Å². The van der Waals surface area contributed by atoms with E-state index in [9.17, 15) is 0 Å². The van der Waals surface area contributed by atoms with E-state index in [0.29, 0.717) is 0 Å². The van der Waals surface area contributed by atoms with Gasteiger partial charge in [-0.2, -0.15) is 0 Å². The summed E-state index contributed by atoms with van der Waals surface area (Å²) in [5.41, 5.74) is 4.49. The maximum Gasteiger partial charge on any atom is 0.0375 e. The average Bonchev–Trinajstić information content (AvgIpc) is 2.92. The number of aryl methyl sites for hydroxylation is 1. The first-order valence-corrected chi connectivity index (χ1v) is 7.68. The van der Waals surface area contributed by atoms with Crippen molar-refractivity contribution < 1.29 is 0 Å². The second-order valence-electron chi connectivity index (χ2n) is 4.91. The minimum absolute atomic E-state index is 1.04. The zero-order valence-corrected chi connectivity index (χ0v) is 11.4. The van der Waals surface area contributed by atoms with Gasteiger partial charge in [0.25, 0.3) is 0 Å². The van der Waals surface area contributed by atoms with Crippen LogP contribution in [0.15, 0.2) is 35.7 Å². The summed E-state index contributed by atoms with van der Waals surface area (Å²) in [7, 11) is 0. The quantitative estimate of drug-likeness (QED) is 0.862. The number of hydrogen-bond acceptors (Lipinski definition) is 2. The highest BCUT2D eigenvalue weighted by molar-refractivity contribution is 7.09. The molecule has 0 saturated heterocycles. The Hall–Kier alpha value is -1.28. The minimum Gasteiger partial charge on any atom is -0.384 e. The Morgan fingerprint density at radius 2 is 2.00 bits per heavy atom. The van der Waals surface area contributed by atoms with Gasteiger partial charge in [0.2, 0.25) is 0 Å². The molecule has 0 radical (unpaired) electrons. The van der Waals surface area contributed by atoms with Crippen LogP contribution in [0, 0.1) is 0 Å². The standard InChI is InChI=1S/C16H19NS/c1-2-8-15-13(5-1)6-3-9-16(15)17-11-10-14-7-4-12-18-14/h3-4,6-7,9,12,17H,1-2,5,8,10-11H2. The largest absolute Gasteiger partial charge is 0.384 e. The number of thiophene rings is 1. The minimum atomic E-state index is 1.04. The molecule has 1 nitrogen and oxygen atoms in total. The third-order valence-electron chi connectivity index (χ3n) is 3.66. The average molecular weight is 257 g/mol. The summed E-state index contributed by atoms with van der Waals surface area (Å²) < 4.78 is 0. The third-order valence-corrected chi connectivity index (χ3v) is 4.60. The first-order valence-electron chi connectivity index (χ1n) is 6.80. The SMILES string of the molecule is c1csc(CCNc2cccc3c2CCCC3)c1. The van der Waals surface area contributed by atoms with E-state index in [0.717, 1.165) is 13.0 Å². The van der Waals surface area contributed by atoms with Crippen LogP contribution >= 0.6 is 11.3 Å². The molecule has 0 bridgehead atoms. The molecule has 0 atom stereocenters. The van der Waals surface area contributed by atoms with Gasteiger partial charge in [0, 0.05) is 17.1 Å². The molecular weight excluding hydrogens is 238 g/mol. The maximum atomic E-state index is 3.62. The van der Waals surface area contributed by atoms with Crippen molar-refractivity contribution in [2.75, 3.05) is 11.9 Å². The number of fused-ring (bicyclic) bond motifs is 1. The molecule has 2 heteroatoms. The number of benzene rings is 1. The zero-order valence-electron chi connectivity index (χ0n) is 10.6. The Bertz CT molecular complexity index is 502. The van der Waals surface area contributed by atoms with Gasteiger partial charge in [-0.3, -0.25) is 0 Å². The summed E-state index contributed by atoms with van der Waals surface area (Å²) in [6.07, 6.45) is 6.33. The fourth-order valence-electron chi connectivity index (χ4n) is 2.72. The van der Waals surface area contributed by atoms with E-state index in [4.69, 9.17) is 0 Å². The van der Waals surface area contributed by atoms with Gasteiger partial charge in [-0.05, 0) is 60.7 Å². The lowest BCUT2D eigenvalue weighted by Crippen LogP contribution is -2.10. The second kappa shape index (κ2) is 5.57. The van der Waals surface area contributed by atoms with Gasteiger partial charge < -0.3 is 5.32 Å². The topological polar surface area (TPSA) is 12.0 Å². The molecule has 0 aliphatic heterocycles. The van der Waals surface area contributed by atoms with E-state index in [1.807, 2.05) is 11.3 Å². The lowest BCUT2D eigenvalue weighted by Gasteiger charge is -2.20. The molecule has 0 saturated carbocycles. The molecule has 1 aromatic carbocycles. The van der Waals surface area contributed by atoms with Gasteiger partial charge in [0.1, 0.15) is 0 Å². The first kappa shape index (κ1) is 11.8. The first-order chi connectivity index (χ1) is 8.93. The van der Waals surface area contributed by atoms with Crippen molar-refractivity contribution in [1.82, 2.24) is 0 Å². The lowest BCUT2D eigenvalue weighted by molar-refractivity contribution is 0.686. The van der Waals surface area contributed by atoms with Crippen LogP contribution in [-0.4, -0.2) is 6.54 Å². The maximum absolute atomic E-state index is 3.62. The van der Waals surface area contributed by atoms with E-state index in [1.165, 1.54) is 36.2 Å². The monoisotopic (exact) mass is 257 g/mol. The molecule has 1 aromatic heterocycles. The van der Waals surface area contributed by atoms with Crippen molar-refractivity contribution in [3.8, 4) is 0 Å². The van der Waals surface area contributed by atoms with Gasteiger partial charge >= 0.3 is 0 Å². The van der Waals surface area contributed by atoms with Crippen molar-refractivity contribution in [3.63, 3.8) is 0 Å². The molecule has 1 aliphatic carbocycles. The predicted molar refractivity (Wildman–Crippen MR) is 79.6 cm³/mol. The molecule has 18 heavy (non-hydrogen) atoms. The molecule has 2 aromatic rings. The number of hydrogen-bond donors (Lipinski definition) is 1. The van der Waals surface area contributed by atoms with E-state index in [1.54, 1.807) is 11.1 Å². The van der Waals surface area contributed by atoms with Gasteiger partial charge in [-0.15, -0.1) is 11.3 Å². The van der Waals surface area contributed by atoms with Gasteiger partial charge in [0.05, 0.1) is 0 Å². The van der Waals surface area contributed by atoms with Crippen molar-refractivity contribution in [1.29, 1.82) is 0 Å². The molecule has 1 aliphatic rings. The van der Waals surface area contributed by atoms with Crippen LogP contribution in [-0.2, 0) is 19.3 Å². The van der Waals surface area contributed by atoms with Gasteiger partial charge in [-0.1, -0.05) is 18.2 Å². The van der Waals surface area contributed by atoms with Crippen LogP contribution in [0.2, 0.25) is 0 Å². The Morgan fingerprint density at radius 1 is 1.06 bits per heavy atom. The molecule has 0 fully saturated rings. The highest BCUT2D eigenvalue weighted by Crippen LogP contribution is 2.27. The van der Waals surface area contributed by atoms with Crippen LogP contribution in [0.25, 0.3) is 0 Å². The molecule has 1 N–H and O–H groups in total. The molecule has 3 rings (SSSR count). The van der Waals surface area contributed by atoms with E-state index >= 15 is 0 Å². The predicted octanol–water partition coefficient (Wildman–Crippen LogP) is 4.28. The van der Waals surface area contributed by atoms with Crippen molar-refractivity contribution in [2.24, 2.45) is 0 Å². The second-order valence-corrected chi connectivity index (χ2v) is 5.94. The van der Waals surface area contributed by atoms with Crippen molar-refractivity contribution in [2.45, 2.75) is 32.1 Å². The van der Waals surface area contributed by atoms with E-state index in [2.05, 4.69) is 41.0 Å². The highest BCUT2D eigenvalue weighted by Gasteiger charge is 2.12. The number of anilines is 1. The lowest BCUT2D eigenvalue weighted by atomic mass is 9.90. The normalized spacial score (nSPS) is 14.2. The van der Waals surface area contributed by atoms with Crippen LogP contribution in [0.1, 0.15) is 28.8 Å². The Labute approximate surface area is 113 Å². The van der Waals surface area contributed by atoms with E-state index in [-0.39, 0.29) is 0 Å². The Kier molecular flexibility index (Phi) is 3.65. The van der Waals surface area contributed by atoms with Crippen molar-refractivity contribution in [3.05, 3.63) is 51.7 Å². The van der Waals surface area contributed by atoms with Crippen LogP contribution in [0.5, 0.6) is 0 Å². The third kappa shape index (κ3) is 2.59. The van der Waals surface area contributed by atoms with Crippen molar-refractivity contribution >= 4 is 17.0 Å². The highest BCUT2D eigenvalue weighted by atomic mass is 32.1. The Balaban J connectivity index is 1.65. The fraction of sp³-hybridized carbons (Fsp3) is 0.375. The fourth-order valence-corrected chi connectivity index (χ4v) is 3.43. The molecule has 1 heterocycles. The summed E-state index contributed by atoms with van der Waals surface area (Å²) in [5, 5.41) is 5.77. The van der Waals surface area contributed by atoms with Gasteiger partial charge in [0.15, 0.2) is 0 Å². The summed E-state index contributed by atoms with van der Waals surface area (Å²) in [6.45, 7) is 1.04. The van der Waals surface area contributed by atoms with Crippen LogP contribution in [0.4, 0.5) is 5.69 Å². The molecule has 0 amide bonds.